The second kappa shape index (κ2) is 7.78. The van der Waals surface area contributed by atoms with E-state index in [1.54, 1.807) is 0 Å². The molecule has 6 heteroatoms. The summed E-state index contributed by atoms with van der Waals surface area (Å²) in [5.74, 6) is -4.04. The molecule has 0 fully saturated rings. The maximum absolute atomic E-state index is 11.5. The summed E-state index contributed by atoms with van der Waals surface area (Å²) in [4.78, 5) is 32.6. The fraction of sp³-hybridized carbons (Fsp3) is 0.727. The van der Waals surface area contributed by atoms with E-state index in [0.717, 1.165) is 0 Å². The highest BCUT2D eigenvalue weighted by Gasteiger charge is 2.26. The molecule has 0 aromatic carbocycles. The van der Waals surface area contributed by atoms with Crippen molar-refractivity contribution in [3.63, 3.8) is 0 Å². The third-order valence-corrected chi connectivity index (χ3v) is 2.03. The average Bonchev–Trinajstić information content (AvgIpc) is 2.16. The van der Waals surface area contributed by atoms with Crippen molar-refractivity contribution >= 4 is 17.7 Å². The van der Waals surface area contributed by atoms with Gasteiger partial charge < -0.3 is 14.9 Å². The molecule has 0 aliphatic rings. The van der Waals surface area contributed by atoms with E-state index in [0.29, 0.717) is 6.61 Å². The minimum atomic E-state index is -1.30. The normalized spacial score (nSPS) is 12.4. The van der Waals surface area contributed by atoms with E-state index in [1.165, 1.54) is 0 Å². The number of ether oxygens (including phenoxy) is 1. The molecular weight excluding hydrogens is 228 g/mol. The van der Waals surface area contributed by atoms with Crippen molar-refractivity contribution in [3.05, 3.63) is 0 Å². The number of carbonyl (C=O) groups is 3. The van der Waals surface area contributed by atoms with Crippen molar-refractivity contribution in [2.45, 2.75) is 26.7 Å². The predicted molar refractivity (Wildman–Crippen MR) is 58.7 cm³/mol. The highest BCUT2D eigenvalue weighted by atomic mass is 16.5. The van der Waals surface area contributed by atoms with Gasteiger partial charge in [0.05, 0.1) is 0 Å². The van der Waals surface area contributed by atoms with Gasteiger partial charge in [-0.05, 0) is 12.3 Å². The summed E-state index contributed by atoms with van der Waals surface area (Å²) < 4.78 is 5.03. The molecule has 0 saturated heterocycles. The van der Waals surface area contributed by atoms with Crippen LogP contribution in [0.3, 0.4) is 0 Å². The molecule has 6 nitrogen and oxygen atoms in total. The van der Waals surface area contributed by atoms with Gasteiger partial charge in [-0.3, -0.25) is 14.4 Å². The number of carboxylic acid groups (broad SMARTS) is 2. The molecule has 17 heavy (non-hydrogen) atoms. The molecule has 0 aromatic rings. The molecule has 1 unspecified atom stereocenters. The van der Waals surface area contributed by atoms with Gasteiger partial charge >= 0.3 is 11.9 Å². The van der Waals surface area contributed by atoms with Crippen LogP contribution in [0.15, 0.2) is 0 Å². The van der Waals surface area contributed by atoms with Gasteiger partial charge in [0.15, 0.2) is 5.78 Å². The number of ketones is 1. The standard InChI is InChI=1S/C11H18O6/c1-7(2)5-17-6-9(12)8(11(15)16)3-4-10(13)14/h7-8H,3-6H2,1-2H3,(H,13,14)(H,15,16). The van der Waals surface area contributed by atoms with Crippen LogP contribution in [0.1, 0.15) is 26.7 Å². The van der Waals surface area contributed by atoms with Gasteiger partial charge in [-0.15, -0.1) is 0 Å². The molecule has 0 aliphatic carbocycles. The van der Waals surface area contributed by atoms with Crippen LogP contribution in [0.4, 0.5) is 0 Å². The Labute approximate surface area is 99.6 Å². The molecule has 0 spiro atoms. The van der Waals surface area contributed by atoms with Crippen LogP contribution in [-0.4, -0.2) is 41.1 Å². The Bertz CT molecular complexity index is 284. The van der Waals surface area contributed by atoms with Crippen LogP contribution in [0.25, 0.3) is 0 Å². The Hall–Kier alpha value is -1.43. The third kappa shape index (κ3) is 7.46. The number of carboxylic acids is 2. The maximum Gasteiger partial charge on any atom is 0.314 e. The van der Waals surface area contributed by atoms with Crippen molar-refractivity contribution in [3.8, 4) is 0 Å². The first-order valence-electron chi connectivity index (χ1n) is 5.39. The summed E-state index contributed by atoms with van der Waals surface area (Å²) in [6, 6.07) is 0. The van der Waals surface area contributed by atoms with E-state index in [2.05, 4.69) is 0 Å². The molecule has 0 heterocycles. The number of hydrogen-bond donors (Lipinski definition) is 2. The first-order valence-corrected chi connectivity index (χ1v) is 5.39. The summed E-state index contributed by atoms with van der Waals surface area (Å²) in [5, 5.41) is 17.2. The topological polar surface area (TPSA) is 101 Å². The lowest BCUT2D eigenvalue weighted by atomic mass is 9.99. The number of hydrogen-bond acceptors (Lipinski definition) is 4. The number of Topliss-reactive ketones (excluding diaryl/α,β-unsaturated/α-hetero) is 1. The fourth-order valence-corrected chi connectivity index (χ4v) is 1.19. The minimum absolute atomic E-state index is 0.200. The fourth-order valence-electron chi connectivity index (χ4n) is 1.19. The van der Waals surface area contributed by atoms with Crippen LogP contribution >= 0.6 is 0 Å². The summed E-state index contributed by atoms with van der Waals surface area (Å²) in [5.41, 5.74) is 0. The first-order chi connectivity index (χ1) is 7.84. The van der Waals surface area contributed by atoms with Crippen LogP contribution in [0.5, 0.6) is 0 Å². The van der Waals surface area contributed by atoms with Gasteiger partial charge in [-0.1, -0.05) is 13.8 Å². The van der Waals surface area contributed by atoms with Gasteiger partial charge in [0.25, 0.3) is 0 Å². The van der Waals surface area contributed by atoms with E-state index in [1.807, 2.05) is 13.8 Å². The summed E-state index contributed by atoms with van der Waals surface area (Å²) in [6.07, 6.45) is -0.540. The lowest BCUT2D eigenvalue weighted by Gasteiger charge is -2.11. The van der Waals surface area contributed by atoms with E-state index >= 15 is 0 Å². The third-order valence-electron chi connectivity index (χ3n) is 2.03. The molecule has 0 aliphatic heterocycles. The highest BCUT2D eigenvalue weighted by molar-refractivity contribution is 5.99. The molecule has 0 radical (unpaired) electrons. The van der Waals surface area contributed by atoms with E-state index in [-0.39, 0.29) is 25.4 Å². The lowest BCUT2D eigenvalue weighted by molar-refractivity contribution is -0.148. The maximum atomic E-state index is 11.5. The molecule has 0 bridgehead atoms. The average molecular weight is 246 g/mol. The van der Waals surface area contributed by atoms with Crippen molar-refractivity contribution < 1.29 is 29.3 Å². The Balaban J connectivity index is 4.16. The predicted octanol–water partition coefficient (Wildman–Crippen LogP) is 0.794. The zero-order chi connectivity index (χ0) is 13.4. The molecule has 1 atom stereocenters. The van der Waals surface area contributed by atoms with Gasteiger partial charge in [-0.2, -0.15) is 0 Å². The number of carbonyl (C=O) groups excluding carboxylic acids is 1. The van der Waals surface area contributed by atoms with Gasteiger partial charge in [0, 0.05) is 13.0 Å². The largest absolute Gasteiger partial charge is 0.481 e. The Morgan fingerprint density at radius 2 is 1.76 bits per heavy atom. The van der Waals surface area contributed by atoms with Crippen LogP contribution in [-0.2, 0) is 19.1 Å². The van der Waals surface area contributed by atoms with Crippen LogP contribution in [0, 0.1) is 11.8 Å². The van der Waals surface area contributed by atoms with E-state index in [9.17, 15) is 14.4 Å². The van der Waals surface area contributed by atoms with Crippen molar-refractivity contribution in [1.82, 2.24) is 0 Å². The smallest absolute Gasteiger partial charge is 0.314 e. The first kappa shape index (κ1) is 15.6. The molecule has 0 amide bonds. The quantitative estimate of drug-likeness (QED) is 0.583. The van der Waals surface area contributed by atoms with Crippen LogP contribution in [0.2, 0.25) is 0 Å². The van der Waals surface area contributed by atoms with Crippen molar-refractivity contribution in [1.29, 1.82) is 0 Å². The molecular formula is C11H18O6. The number of rotatable bonds is 9. The van der Waals surface area contributed by atoms with Gasteiger partial charge in [-0.25, -0.2) is 0 Å². The Morgan fingerprint density at radius 3 is 2.18 bits per heavy atom. The van der Waals surface area contributed by atoms with Crippen molar-refractivity contribution in [2.75, 3.05) is 13.2 Å². The highest BCUT2D eigenvalue weighted by Crippen LogP contribution is 2.09. The summed E-state index contributed by atoms with van der Waals surface area (Å²) in [6.45, 7) is 3.90. The summed E-state index contributed by atoms with van der Waals surface area (Å²) >= 11 is 0. The van der Waals surface area contributed by atoms with E-state index in [4.69, 9.17) is 14.9 Å². The molecule has 0 aromatic heterocycles. The molecule has 98 valence electrons. The van der Waals surface area contributed by atoms with Gasteiger partial charge in [0.1, 0.15) is 12.5 Å². The number of aliphatic carboxylic acids is 2. The molecule has 0 saturated carbocycles. The molecule has 2 N–H and O–H groups in total. The zero-order valence-electron chi connectivity index (χ0n) is 10.0. The minimum Gasteiger partial charge on any atom is -0.481 e. The lowest BCUT2D eigenvalue weighted by Crippen LogP contribution is -2.28. The monoisotopic (exact) mass is 246 g/mol. The Morgan fingerprint density at radius 1 is 1.18 bits per heavy atom. The molecule has 0 rings (SSSR count). The Kier molecular flexibility index (Phi) is 7.13. The zero-order valence-corrected chi connectivity index (χ0v) is 10.0. The van der Waals surface area contributed by atoms with Crippen molar-refractivity contribution in [2.24, 2.45) is 11.8 Å². The summed E-state index contributed by atoms with van der Waals surface area (Å²) in [7, 11) is 0. The SMILES string of the molecule is CC(C)COCC(=O)C(CCC(=O)O)C(=O)O. The van der Waals surface area contributed by atoms with Crippen LogP contribution < -0.4 is 0 Å². The van der Waals surface area contributed by atoms with Gasteiger partial charge in [0.2, 0.25) is 0 Å². The second-order valence-electron chi connectivity index (χ2n) is 4.20. The van der Waals surface area contributed by atoms with E-state index < -0.39 is 23.6 Å². The second-order valence-corrected chi connectivity index (χ2v) is 4.20.